The molecule has 1 saturated heterocycles. The highest BCUT2D eigenvalue weighted by Crippen LogP contribution is 2.68. The number of hydrogen-bond acceptors (Lipinski definition) is 7. The number of hydrogen-bond donors (Lipinski definition) is 1. The first-order valence-electron chi connectivity index (χ1n) is 12.2. The number of carbonyl (C=O) groups excluding carboxylic acids is 2. The number of thiazole rings is 1. The van der Waals surface area contributed by atoms with Gasteiger partial charge in [0.15, 0.2) is 11.5 Å². The molecule has 7 rings (SSSR count). The average Bonchev–Trinajstić information content (AvgIpc) is 3.63. The lowest BCUT2D eigenvalue weighted by Crippen LogP contribution is -2.42. The second kappa shape index (κ2) is 8.47. The minimum absolute atomic E-state index is 0.0628. The SMILES string of the molecule is COc1ccc([C@@H]2c3sc(=O)[nH]c3S[C@@H]3[C@@H]4C[C@@H]([C@@H]5C(=O)N(c6ccc(Br)cc6)C(=O)[C@@H]45)[C@@H]23)cc1OC. The van der Waals surface area contributed by atoms with E-state index in [0.29, 0.717) is 17.2 Å². The highest BCUT2D eigenvalue weighted by molar-refractivity contribution is 9.10. The number of carbonyl (C=O) groups is 2. The number of aromatic amines is 1. The van der Waals surface area contributed by atoms with Crippen molar-refractivity contribution in [1.29, 1.82) is 0 Å². The lowest BCUT2D eigenvalue weighted by atomic mass is 9.68. The van der Waals surface area contributed by atoms with Crippen LogP contribution in [-0.2, 0) is 9.59 Å². The number of amides is 2. The predicted molar refractivity (Wildman–Crippen MR) is 145 cm³/mol. The van der Waals surface area contributed by atoms with Crippen LogP contribution in [0.1, 0.15) is 22.8 Å². The smallest absolute Gasteiger partial charge is 0.305 e. The van der Waals surface area contributed by atoms with Crippen LogP contribution in [0.5, 0.6) is 11.5 Å². The maximum Gasteiger partial charge on any atom is 0.305 e. The normalized spacial score (nSPS) is 31.3. The Morgan fingerprint density at radius 2 is 1.65 bits per heavy atom. The van der Waals surface area contributed by atoms with E-state index in [1.165, 1.54) is 16.2 Å². The molecular weight excluding hydrogens is 576 g/mol. The van der Waals surface area contributed by atoms with Gasteiger partial charge in [-0.05, 0) is 66.1 Å². The first-order chi connectivity index (χ1) is 17.9. The topological polar surface area (TPSA) is 88.7 Å². The molecule has 2 amide bonds. The van der Waals surface area contributed by atoms with Crippen molar-refractivity contribution in [3.63, 3.8) is 0 Å². The maximum absolute atomic E-state index is 13.8. The first kappa shape index (κ1) is 23.5. The van der Waals surface area contributed by atoms with Crippen molar-refractivity contribution in [2.75, 3.05) is 19.1 Å². The van der Waals surface area contributed by atoms with Gasteiger partial charge < -0.3 is 14.5 Å². The maximum atomic E-state index is 13.8. The van der Waals surface area contributed by atoms with Crippen molar-refractivity contribution in [2.45, 2.75) is 22.6 Å². The van der Waals surface area contributed by atoms with E-state index in [1.54, 1.807) is 26.0 Å². The Balaban J connectivity index is 1.32. The number of rotatable bonds is 4. The third kappa shape index (κ3) is 3.28. The van der Waals surface area contributed by atoms with Crippen LogP contribution in [0.4, 0.5) is 5.69 Å². The van der Waals surface area contributed by atoms with Gasteiger partial charge in [0.05, 0.1) is 36.8 Å². The number of nitrogens with zero attached hydrogens (tertiary/aromatic N) is 1. The van der Waals surface area contributed by atoms with Crippen molar-refractivity contribution in [3.05, 3.63) is 67.0 Å². The molecule has 2 aliphatic carbocycles. The first-order valence-corrected chi connectivity index (χ1v) is 14.6. The Morgan fingerprint density at radius 1 is 0.946 bits per heavy atom. The van der Waals surface area contributed by atoms with E-state index in [0.717, 1.165) is 26.4 Å². The summed E-state index contributed by atoms with van der Waals surface area (Å²) in [6.45, 7) is 0. The van der Waals surface area contributed by atoms with Crippen LogP contribution in [-0.4, -0.2) is 36.3 Å². The molecular formula is C27H23BrN2O5S2. The van der Waals surface area contributed by atoms with Gasteiger partial charge in [0.25, 0.3) is 0 Å². The van der Waals surface area contributed by atoms with Gasteiger partial charge in [0, 0.05) is 20.5 Å². The van der Waals surface area contributed by atoms with Gasteiger partial charge in [0.2, 0.25) is 11.8 Å². The number of anilines is 1. The zero-order valence-corrected chi connectivity index (χ0v) is 23.2. The Hall–Kier alpha value is -2.56. The molecule has 10 heteroatoms. The van der Waals surface area contributed by atoms with E-state index < -0.39 is 0 Å². The molecule has 3 aromatic rings. The predicted octanol–water partition coefficient (Wildman–Crippen LogP) is 4.89. The summed E-state index contributed by atoms with van der Waals surface area (Å²) in [4.78, 5) is 45.4. The average molecular weight is 600 g/mol. The zero-order chi connectivity index (χ0) is 25.6. The number of ether oxygens (including phenoxy) is 2. The summed E-state index contributed by atoms with van der Waals surface area (Å²) in [5.41, 5.74) is 1.66. The molecule has 0 radical (unpaired) electrons. The van der Waals surface area contributed by atoms with Crippen LogP contribution in [0.2, 0.25) is 0 Å². The number of benzene rings is 2. The number of imide groups is 1. The van der Waals surface area contributed by atoms with E-state index in [9.17, 15) is 14.4 Å². The Labute approximate surface area is 229 Å². The standard InChI is InChI=1S/C27H23BrN2O5S2/c1-34-16-8-3-11(9-17(16)35-2)18-19-14-10-15(22(19)36-24-23(18)37-27(33)29-24)21-20(14)25(31)30(26(21)32)13-6-4-12(28)5-7-13/h3-9,14-15,18-22H,10H2,1-2H3,(H,29,33)/t14-,15-,18+,19+,20+,21+,22-/m1/s1. The molecule has 2 bridgehead atoms. The summed E-state index contributed by atoms with van der Waals surface area (Å²) in [6, 6.07) is 13.3. The summed E-state index contributed by atoms with van der Waals surface area (Å²) in [7, 11) is 3.22. The van der Waals surface area contributed by atoms with Crippen LogP contribution in [0.25, 0.3) is 0 Å². The number of aromatic nitrogens is 1. The van der Waals surface area contributed by atoms with Gasteiger partial charge in [-0.15, -0.1) is 11.8 Å². The second-order valence-corrected chi connectivity index (χ2v) is 13.2. The van der Waals surface area contributed by atoms with Crippen molar-refractivity contribution >= 4 is 56.5 Å². The van der Waals surface area contributed by atoms with E-state index in [-0.39, 0.29) is 57.4 Å². The molecule has 7 atom stereocenters. The fraction of sp³-hybridized carbons (Fsp3) is 0.370. The highest BCUT2D eigenvalue weighted by Gasteiger charge is 2.69. The van der Waals surface area contributed by atoms with E-state index in [4.69, 9.17) is 9.47 Å². The fourth-order valence-electron chi connectivity index (χ4n) is 7.28. The summed E-state index contributed by atoms with van der Waals surface area (Å²) in [6.07, 6.45) is 0.853. The molecule has 0 spiro atoms. The van der Waals surface area contributed by atoms with Crippen LogP contribution in [0.3, 0.4) is 0 Å². The molecule has 3 fully saturated rings. The molecule has 2 aliphatic heterocycles. The van der Waals surface area contributed by atoms with E-state index >= 15 is 0 Å². The van der Waals surface area contributed by atoms with Gasteiger partial charge in [0.1, 0.15) is 0 Å². The lowest BCUT2D eigenvalue weighted by Gasteiger charge is -2.43. The van der Waals surface area contributed by atoms with Crippen LogP contribution in [0.15, 0.2) is 56.8 Å². The van der Waals surface area contributed by atoms with Gasteiger partial charge in [-0.1, -0.05) is 33.3 Å². The molecule has 1 N–H and O–H groups in total. The summed E-state index contributed by atoms with van der Waals surface area (Å²) >= 11 is 6.37. The summed E-state index contributed by atoms with van der Waals surface area (Å²) in [5.74, 6) is 0.674. The highest BCUT2D eigenvalue weighted by atomic mass is 79.9. The van der Waals surface area contributed by atoms with Gasteiger partial charge >= 0.3 is 4.87 Å². The number of methoxy groups -OCH3 is 2. The molecule has 0 unspecified atom stereocenters. The van der Waals surface area contributed by atoms with Crippen molar-refractivity contribution < 1.29 is 19.1 Å². The third-order valence-corrected chi connectivity index (χ3v) is 11.7. The number of fused-ring (bicyclic) bond motifs is 9. The van der Waals surface area contributed by atoms with E-state index in [2.05, 4.69) is 20.9 Å². The molecule has 37 heavy (non-hydrogen) atoms. The summed E-state index contributed by atoms with van der Waals surface area (Å²) < 4.78 is 12.0. The van der Waals surface area contributed by atoms with Crippen LogP contribution in [0, 0.1) is 29.6 Å². The quantitative estimate of drug-likeness (QED) is 0.430. The molecule has 2 saturated carbocycles. The van der Waals surface area contributed by atoms with Gasteiger partial charge in [-0.2, -0.15) is 0 Å². The molecule has 2 aromatic carbocycles. The minimum Gasteiger partial charge on any atom is -0.493 e. The number of H-pyrrole nitrogens is 1. The Kier molecular flexibility index (Phi) is 5.39. The number of nitrogens with one attached hydrogen (secondary N) is 1. The summed E-state index contributed by atoms with van der Waals surface area (Å²) in [5, 5.41) is 1.03. The zero-order valence-electron chi connectivity index (χ0n) is 20.0. The number of halogens is 1. The fourth-order valence-corrected chi connectivity index (χ4v) is 10.4. The van der Waals surface area contributed by atoms with Crippen LogP contribution >= 0.6 is 39.0 Å². The monoisotopic (exact) mass is 598 g/mol. The lowest BCUT2D eigenvalue weighted by molar-refractivity contribution is -0.123. The van der Waals surface area contributed by atoms with E-state index in [1.807, 2.05) is 42.5 Å². The molecule has 7 nitrogen and oxygen atoms in total. The van der Waals surface area contributed by atoms with Crippen molar-refractivity contribution in [2.24, 2.45) is 29.6 Å². The largest absolute Gasteiger partial charge is 0.493 e. The molecule has 3 heterocycles. The molecule has 1 aromatic heterocycles. The van der Waals surface area contributed by atoms with Gasteiger partial charge in [-0.25, -0.2) is 0 Å². The Bertz CT molecular complexity index is 1500. The van der Waals surface area contributed by atoms with Crippen LogP contribution < -0.4 is 19.2 Å². The second-order valence-electron chi connectivity index (χ2n) is 10.1. The third-order valence-electron chi connectivity index (χ3n) is 8.58. The number of thioether (sulfide) groups is 1. The van der Waals surface area contributed by atoms with Crippen molar-refractivity contribution in [1.82, 2.24) is 4.98 Å². The van der Waals surface area contributed by atoms with Gasteiger partial charge in [-0.3, -0.25) is 19.3 Å². The minimum atomic E-state index is -0.331. The van der Waals surface area contributed by atoms with Crippen molar-refractivity contribution in [3.8, 4) is 11.5 Å². The Morgan fingerprint density at radius 3 is 2.35 bits per heavy atom. The molecule has 190 valence electrons. The molecule has 4 aliphatic rings.